The summed E-state index contributed by atoms with van der Waals surface area (Å²) >= 11 is 0. The predicted octanol–water partition coefficient (Wildman–Crippen LogP) is 10.1. The van der Waals surface area contributed by atoms with Gasteiger partial charge in [-0.3, -0.25) is 0 Å². The molecule has 0 aliphatic heterocycles. The lowest BCUT2D eigenvalue weighted by Crippen LogP contribution is -2.15. The van der Waals surface area contributed by atoms with Gasteiger partial charge in [0.05, 0.1) is 6.61 Å². The van der Waals surface area contributed by atoms with Crippen molar-refractivity contribution in [3.63, 3.8) is 0 Å². The Kier molecular flexibility index (Phi) is 21.5. The number of rotatable bonds is 23. The maximum atomic E-state index is 11.8. The van der Waals surface area contributed by atoms with Gasteiger partial charge in [0, 0.05) is 5.57 Å². The first-order valence-electron chi connectivity index (χ1n) is 14.2. The highest BCUT2D eigenvalue weighted by Gasteiger charge is 2.12. The average Bonchev–Trinajstić information content (AvgIpc) is 2.73. The summed E-state index contributed by atoms with van der Waals surface area (Å²) in [6.45, 7) is 15.3. The Hall–Kier alpha value is -0.790. The van der Waals surface area contributed by atoms with Crippen LogP contribution in [0.2, 0.25) is 0 Å². The summed E-state index contributed by atoms with van der Waals surface area (Å²) in [6, 6.07) is 0. The van der Waals surface area contributed by atoms with Crippen LogP contribution in [0.4, 0.5) is 0 Å². The minimum Gasteiger partial charge on any atom is -0.462 e. The summed E-state index contributed by atoms with van der Waals surface area (Å²) in [5.74, 6) is 1.99. The third-order valence-corrected chi connectivity index (χ3v) is 6.59. The molecule has 2 heteroatoms. The van der Waals surface area contributed by atoms with E-state index in [2.05, 4.69) is 34.3 Å². The van der Waals surface area contributed by atoms with Gasteiger partial charge in [0.25, 0.3) is 0 Å². The predicted molar refractivity (Wildman–Crippen MR) is 142 cm³/mol. The van der Waals surface area contributed by atoms with Crippen LogP contribution in [-0.4, -0.2) is 12.6 Å². The van der Waals surface area contributed by atoms with Crippen LogP contribution in [0.1, 0.15) is 150 Å². The van der Waals surface area contributed by atoms with E-state index in [0.717, 1.165) is 11.8 Å². The fourth-order valence-corrected chi connectivity index (χ4v) is 4.37. The number of ether oxygens (including phenoxy) is 1. The van der Waals surface area contributed by atoms with Gasteiger partial charge in [-0.1, -0.05) is 137 Å². The van der Waals surface area contributed by atoms with Gasteiger partial charge in [-0.15, -0.1) is 0 Å². The topological polar surface area (TPSA) is 26.3 Å². The summed E-state index contributed by atoms with van der Waals surface area (Å²) < 4.78 is 5.51. The second-order valence-electron chi connectivity index (χ2n) is 11.1. The third-order valence-electron chi connectivity index (χ3n) is 6.59. The average molecular weight is 451 g/mol. The fourth-order valence-electron chi connectivity index (χ4n) is 4.37. The first-order valence-corrected chi connectivity index (χ1v) is 14.2. The Balaban J connectivity index is 3.90. The molecule has 0 radical (unpaired) electrons. The quantitative estimate of drug-likeness (QED) is 0.0879. The van der Waals surface area contributed by atoms with E-state index in [1.807, 2.05) is 0 Å². The molecule has 0 saturated carbocycles. The lowest BCUT2D eigenvalue weighted by molar-refractivity contribution is -0.140. The van der Waals surface area contributed by atoms with Crippen LogP contribution in [0.5, 0.6) is 0 Å². The molecule has 2 nitrogen and oxygen atoms in total. The number of carbonyl (C=O) groups is 1. The van der Waals surface area contributed by atoms with Crippen molar-refractivity contribution in [2.75, 3.05) is 6.61 Å². The van der Waals surface area contributed by atoms with E-state index < -0.39 is 0 Å². The first-order chi connectivity index (χ1) is 15.3. The van der Waals surface area contributed by atoms with Gasteiger partial charge in [-0.25, -0.2) is 4.79 Å². The molecule has 0 saturated heterocycles. The third kappa shape index (κ3) is 22.4. The summed E-state index contributed by atoms with van der Waals surface area (Å²) in [6.07, 6.45) is 24.2. The Morgan fingerprint density at radius 2 is 0.906 bits per heavy atom. The Morgan fingerprint density at radius 3 is 1.22 bits per heavy atom. The van der Waals surface area contributed by atoms with Gasteiger partial charge in [0.2, 0.25) is 0 Å². The number of hydrogen-bond donors (Lipinski definition) is 0. The Morgan fingerprint density at radius 1 is 0.594 bits per heavy atom. The molecule has 0 aromatic heterocycles. The van der Waals surface area contributed by atoms with E-state index in [-0.39, 0.29) is 5.97 Å². The molecular formula is C30H58O2. The van der Waals surface area contributed by atoms with Crippen LogP contribution < -0.4 is 0 Å². The summed E-state index contributed by atoms with van der Waals surface area (Å²) in [5, 5.41) is 0. The standard InChI is InChI=1S/C30H58O2/c1-26(2)21-17-13-9-7-8-10-15-19-23-29(25-32-30(31)28(5)6)24-20-16-12-11-14-18-22-27(3)4/h26-27,29H,5,7-25H2,1-4,6H3. The van der Waals surface area contributed by atoms with Gasteiger partial charge in [0.15, 0.2) is 0 Å². The molecule has 0 N–H and O–H groups in total. The van der Waals surface area contributed by atoms with Gasteiger partial charge in [0.1, 0.15) is 0 Å². The molecule has 0 rings (SSSR count). The van der Waals surface area contributed by atoms with E-state index in [9.17, 15) is 4.79 Å². The Bertz CT molecular complexity index is 438. The van der Waals surface area contributed by atoms with E-state index >= 15 is 0 Å². The maximum Gasteiger partial charge on any atom is 0.333 e. The zero-order chi connectivity index (χ0) is 24.0. The van der Waals surface area contributed by atoms with Crippen LogP contribution in [0.15, 0.2) is 12.2 Å². The molecular weight excluding hydrogens is 392 g/mol. The van der Waals surface area contributed by atoms with E-state index in [1.165, 1.54) is 116 Å². The van der Waals surface area contributed by atoms with Gasteiger partial charge < -0.3 is 4.74 Å². The molecule has 0 spiro atoms. The van der Waals surface area contributed by atoms with Crippen molar-refractivity contribution in [1.29, 1.82) is 0 Å². The Labute approximate surface area is 202 Å². The number of unbranched alkanes of at least 4 members (excludes halogenated alkanes) is 12. The zero-order valence-corrected chi connectivity index (χ0v) is 22.7. The fraction of sp³-hybridized carbons (Fsp3) is 0.900. The van der Waals surface area contributed by atoms with E-state index in [0.29, 0.717) is 18.1 Å². The highest BCUT2D eigenvalue weighted by atomic mass is 16.5. The van der Waals surface area contributed by atoms with Crippen molar-refractivity contribution in [1.82, 2.24) is 0 Å². The maximum absolute atomic E-state index is 11.8. The number of esters is 1. The first kappa shape index (κ1) is 31.2. The molecule has 0 bridgehead atoms. The smallest absolute Gasteiger partial charge is 0.333 e. The minimum absolute atomic E-state index is 0.224. The van der Waals surface area contributed by atoms with Crippen LogP contribution in [0.25, 0.3) is 0 Å². The SMILES string of the molecule is C=C(C)C(=O)OCC(CCCCCCCCCCC(C)C)CCCCCCCCC(C)C. The molecule has 1 atom stereocenters. The molecule has 0 aromatic rings. The van der Waals surface area contributed by atoms with Gasteiger partial charge >= 0.3 is 5.97 Å². The summed E-state index contributed by atoms with van der Waals surface area (Å²) in [7, 11) is 0. The highest BCUT2D eigenvalue weighted by molar-refractivity contribution is 5.86. The van der Waals surface area contributed by atoms with Gasteiger partial charge in [-0.2, -0.15) is 0 Å². The largest absolute Gasteiger partial charge is 0.462 e. The van der Waals surface area contributed by atoms with Crippen molar-refractivity contribution >= 4 is 5.97 Å². The normalized spacial score (nSPS) is 12.5. The van der Waals surface area contributed by atoms with Crippen molar-refractivity contribution in [2.24, 2.45) is 17.8 Å². The monoisotopic (exact) mass is 450 g/mol. The molecule has 0 fully saturated rings. The minimum atomic E-state index is -0.224. The molecule has 0 aliphatic carbocycles. The van der Waals surface area contributed by atoms with Crippen LogP contribution >= 0.6 is 0 Å². The van der Waals surface area contributed by atoms with E-state index in [4.69, 9.17) is 4.74 Å². The summed E-state index contributed by atoms with van der Waals surface area (Å²) in [4.78, 5) is 11.8. The van der Waals surface area contributed by atoms with E-state index in [1.54, 1.807) is 6.92 Å². The van der Waals surface area contributed by atoms with Crippen molar-refractivity contribution in [2.45, 2.75) is 150 Å². The van der Waals surface area contributed by atoms with Crippen LogP contribution in [0.3, 0.4) is 0 Å². The second kappa shape index (κ2) is 22.0. The number of carbonyl (C=O) groups excluding carboxylic acids is 1. The molecule has 1 unspecified atom stereocenters. The molecule has 0 aliphatic rings. The molecule has 0 amide bonds. The van der Waals surface area contributed by atoms with Crippen LogP contribution in [-0.2, 0) is 9.53 Å². The zero-order valence-electron chi connectivity index (χ0n) is 22.7. The summed E-state index contributed by atoms with van der Waals surface area (Å²) in [5.41, 5.74) is 0.513. The second-order valence-corrected chi connectivity index (χ2v) is 11.1. The van der Waals surface area contributed by atoms with Crippen molar-refractivity contribution < 1.29 is 9.53 Å². The lowest BCUT2D eigenvalue weighted by atomic mass is 9.94. The highest BCUT2D eigenvalue weighted by Crippen LogP contribution is 2.21. The van der Waals surface area contributed by atoms with Gasteiger partial charge in [-0.05, 0) is 37.5 Å². The molecule has 0 heterocycles. The van der Waals surface area contributed by atoms with Crippen molar-refractivity contribution in [3.05, 3.63) is 12.2 Å². The van der Waals surface area contributed by atoms with Crippen molar-refractivity contribution in [3.8, 4) is 0 Å². The molecule has 190 valence electrons. The molecule has 32 heavy (non-hydrogen) atoms. The number of hydrogen-bond acceptors (Lipinski definition) is 2. The van der Waals surface area contributed by atoms with Crippen LogP contribution in [0, 0.1) is 17.8 Å². The lowest BCUT2D eigenvalue weighted by Gasteiger charge is -2.17. The molecule has 0 aromatic carbocycles.